The van der Waals surface area contributed by atoms with Crippen LogP contribution in [-0.4, -0.2) is 36.9 Å². The summed E-state index contributed by atoms with van der Waals surface area (Å²) >= 11 is 3.38. The summed E-state index contributed by atoms with van der Waals surface area (Å²) in [5.41, 5.74) is 0. The normalized spacial score (nSPS) is 31.4. The van der Waals surface area contributed by atoms with Crippen LogP contribution in [0.5, 0.6) is 0 Å². The van der Waals surface area contributed by atoms with Gasteiger partial charge in [0.05, 0.1) is 12.2 Å². The molecule has 15 heavy (non-hydrogen) atoms. The smallest absolute Gasteiger partial charge is 0.378 e. The summed E-state index contributed by atoms with van der Waals surface area (Å²) < 4.78 is 45.8. The zero-order valence-corrected chi connectivity index (χ0v) is 9.97. The quantitative estimate of drug-likeness (QED) is 0.573. The minimum Gasteiger partial charge on any atom is -0.378 e. The molecule has 6 heteroatoms. The molecule has 0 heterocycles. The Labute approximate surface area is 95.2 Å². The van der Waals surface area contributed by atoms with Gasteiger partial charge >= 0.3 is 6.18 Å². The first-order chi connectivity index (χ1) is 6.94. The lowest BCUT2D eigenvalue weighted by atomic mass is 9.91. The maximum Gasteiger partial charge on any atom is 0.389 e. The summed E-state index contributed by atoms with van der Waals surface area (Å²) in [5, 5.41) is 0. The Morgan fingerprint density at radius 3 is 2.53 bits per heavy atom. The molecule has 0 amide bonds. The van der Waals surface area contributed by atoms with Gasteiger partial charge < -0.3 is 9.47 Å². The second-order valence-electron chi connectivity index (χ2n) is 3.58. The van der Waals surface area contributed by atoms with Gasteiger partial charge in [-0.15, -0.1) is 0 Å². The third-order valence-electron chi connectivity index (χ3n) is 2.39. The summed E-state index contributed by atoms with van der Waals surface area (Å²) in [7, 11) is 1.57. The first kappa shape index (κ1) is 13.3. The molecule has 1 saturated carbocycles. The van der Waals surface area contributed by atoms with Gasteiger partial charge in [-0.1, -0.05) is 15.9 Å². The van der Waals surface area contributed by atoms with E-state index in [-0.39, 0.29) is 30.1 Å². The molecule has 0 saturated heterocycles. The fraction of sp³-hybridized carbons (Fsp3) is 1.00. The lowest BCUT2D eigenvalue weighted by molar-refractivity contribution is -0.145. The Morgan fingerprint density at radius 1 is 1.40 bits per heavy atom. The van der Waals surface area contributed by atoms with Gasteiger partial charge in [-0.3, -0.25) is 0 Å². The Hall–Kier alpha value is 0.190. The third kappa shape index (κ3) is 4.28. The van der Waals surface area contributed by atoms with Gasteiger partial charge in [-0.25, -0.2) is 0 Å². The van der Waals surface area contributed by atoms with Crippen LogP contribution in [0, 0.1) is 0 Å². The van der Waals surface area contributed by atoms with Crippen LogP contribution in [0.3, 0.4) is 0 Å². The van der Waals surface area contributed by atoms with Crippen molar-refractivity contribution in [2.75, 3.05) is 13.7 Å². The highest BCUT2D eigenvalue weighted by atomic mass is 79.9. The molecule has 3 unspecified atom stereocenters. The molecular formula is C9H14BrF3O2. The standard InChI is InChI=1S/C9H14BrF3O2/c1-14-8-6(10)5-7(8)15-4-2-3-9(11,12)13/h6-8H,2-5H2,1H3. The van der Waals surface area contributed by atoms with E-state index in [1.165, 1.54) is 0 Å². The highest BCUT2D eigenvalue weighted by Crippen LogP contribution is 2.33. The van der Waals surface area contributed by atoms with Crippen molar-refractivity contribution in [2.45, 2.75) is 42.5 Å². The SMILES string of the molecule is COC1C(Br)CC1OCCCC(F)(F)F. The summed E-state index contributed by atoms with van der Waals surface area (Å²) in [4.78, 5) is 0.259. The van der Waals surface area contributed by atoms with Crippen molar-refractivity contribution in [1.82, 2.24) is 0 Å². The Balaban J connectivity index is 2.06. The molecule has 2 nitrogen and oxygen atoms in total. The largest absolute Gasteiger partial charge is 0.389 e. The second-order valence-corrected chi connectivity index (χ2v) is 4.76. The Bertz CT molecular complexity index is 198. The van der Waals surface area contributed by atoms with Crippen molar-refractivity contribution < 1.29 is 22.6 Å². The van der Waals surface area contributed by atoms with Crippen LogP contribution in [0.2, 0.25) is 0 Å². The number of hydrogen-bond acceptors (Lipinski definition) is 2. The molecule has 90 valence electrons. The summed E-state index contributed by atoms with van der Waals surface area (Å²) in [6.45, 7) is 0.143. The molecule has 0 aromatic carbocycles. The van der Waals surface area contributed by atoms with Crippen LogP contribution in [0.1, 0.15) is 19.3 Å². The van der Waals surface area contributed by atoms with Crippen molar-refractivity contribution >= 4 is 15.9 Å². The number of halogens is 4. The molecule has 0 bridgehead atoms. The molecule has 3 atom stereocenters. The van der Waals surface area contributed by atoms with E-state index in [2.05, 4.69) is 15.9 Å². The van der Waals surface area contributed by atoms with Crippen LogP contribution in [0.15, 0.2) is 0 Å². The lowest BCUT2D eigenvalue weighted by Crippen LogP contribution is -2.50. The average molecular weight is 291 g/mol. The van der Waals surface area contributed by atoms with Gasteiger partial charge in [0.15, 0.2) is 0 Å². The van der Waals surface area contributed by atoms with E-state index in [4.69, 9.17) is 9.47 Å². The summed E-state index contributed by atoms with van der Waals surface area (Å²) in [5.74, 6) is 0. The van der Waals surface area contributed by atoms with Crippen LogP contribution in [-0.2, 0) is 9.47 Å². The van der Waals surface area contributed by atoms with Crippen molar-refractivity contribution in [3.63, 3.8) is 0 Å². The fourth-order valence-corrected chi connectivity index (χ4v) is 2.42. The van der Waals surface area contributed by atoms with Gasteiger partial charge in [0.25, 0.3) is 0 Å². The Morgan fingerprint density at radius 2 is 2.07 bits per heavy atom. The molecule has 0 aliphatic heterocycles. The van der Waals surface area contributed by atoms with Gasteiger partial charge in [-0.05, 0) is 12.8 Å². The molecular weight excluding hydrogens is 277 g/mol. The van der Waals surface area contributed by atoms with Crippen LogP contribution < -0.4 is 0 Å². The average Bonchev–Trinajstić information content (AvgIpc) is 2.09. The topological polar surface area (TPSA) is 18.5 Å². The molecule has 1 aliphatic carbocycles. The first-order valence-electron chi connectivity index (χ1n) is 4.79. The van der Waals surface area contributed by atoms with Gasteiger partial charge in [-0.2, -0.15) is 13.2 Å². The highest BCUT2D eigenvalue weighted by Gasteiger charge is 2.40. The molecule has 1 fully saturated rings. The van der Waals surface area contributed by atoms with Gasteiger partial charge in [0, 0.05) is 25.0 Å². The van der Waals surface area contributed by atoms with E-state index < -0.39 is 12.6 Å². The van der Waals surface area contributed by atoms with Crippen LogP contribution in [0.25, 0.3) is 0 Å². The van der Waals surface area contributed by atoms with Crippen LogP contribution >= 0.6 is 15.9 Å². The van der Waals surface area contributed by atoms with Crippen molar-refractivity contribution in [3.05, 3.63) is 0 Å². The molecule has 0 N–H and O–H groups in total. The van der Waals surface area contributed by atoms with Crippen molar-refractivity contribution in [1.29, 1.82) is 0 Å². The van der Waals surface area contributed by atoms with E-state index in [0.717, 1.165) is 6.42 Å². The van der Waals surface area contributed by atoms with Gasteiger partial charge in [0.2, 0.25) is 0 Å². The second kappa shape index (κ2) is 5.50. The summed E-state index contributed by atoms with van der Waals surface area (Å²) in [6.07, 6.45) is -4.14. The lowest BCUT2D eigenvalue weighted by Gasteiger charge is -2.40. The monoisotopic (exact) mass is 290 g/mol. The molecule has 0 aromatic rings. The van der Waals surface area contributed by atoms with E-state index in [9.17, 15) is 13.2 Å². The number of ether oxygens (including phenoxy) is 2. The predicted octanol–water partition coefficient (Wildman–Crippen LogP) is 2.90. The van der Waals surface area contributed by atoms with E-state index in [0.29, 0.717) is 0 Å². The number of methoxy groups -OCH3 is 1. The van der Waals surface area contributed by atoms with Crippen LogP contribution in [0.4, 0.5) is 13.2 Å². The number of rotatable bonds is 5. The third-order valence-corrected chi connectivity index (χ3v) is 3.28. The van der Waals surface area contributed by atoms with E-state index in [1.807, 2.05) is 0 Å². The molecule has 0 spiro atoms. The predicted molar refractivity (Wildman–Crippen MR) is 53.2 cm³/mol. The molecule has 0 radical (unpaired) electrons. The minimum atomic E-state index is -4.08. The summed E-state index contributed by atoms with van der Waals surface area (Å²) in [6, 6.07) is 0. The van der Waals surface area contributed by atoms with E-state index in [1.54, 1.807) is 7.11 Å². The maximum absolute atomic E-state index is 11.8. The van der Waals surface area contributed by atoms with Crippen molar-refractivity contribution in [2.24, 2.45) is 0 Å². The fourth-order valence-electron chi connectivity index (χ4n) is 1.50. The molecule has 1 aliphatic rings. The molecule has 0 aromatic heterocycles. The van der Waals surface area contributed by atoms with E-state index >= 15 is 0 Å². The number of alkyl halides is 4. The zero-order valence-electron chi connectivity index (χ0n) is 8.39. The number of hydrogen-bond donors (Lipinski definition) is 0. The van der Waals surface area contributed by atoms with Crippen molar-refractivity contribution in [3.8, 4) is 0 Å². The zero-order chi connectivity index (χ0) is 11.5. The molecule has 1 rings (SSSR count). The maximum atomic E-state index is 11.8. The highest BCUT2D eigenvalue weighted by molar-refractivity contribution is 9.09. The first-order valence-corrected chi connectivity index (χ1v) is 5.71. The van der Waals surface area contributed by atoms with Gasteiger partial charge in [0.1, 0.15) is 0 Å². The Kier molecular flexibility index (Phi) is 4.86. The minimum absolute atomic E-state index is 0.0172.